The fourth-order valence-electron chi connectivity index (χ4n) is 3.16. The number of likely N-dealkylation sites (N-methyl/N-ethyl adjacent to an activating group) is 1. The van der Waals surface area contributed by atoms with Gasteiger partial charge in [0.1, 0.15) is 12.4 Å². The van der Waals surface area contributed by atoms with Crippen LogP contribution in [0.25, 0.3) is 11.0 Å². The monoisotopic (exact) mass is 355 g/mol. The lowest BCUT2D eigenvalue weighted by Gasteiger charge is -2.25. The first kappa shape index (κ1) is 17.9. The Morgan fingerprint density at radius 1 is 1.08 bits per heavy atom. The molecule has 136 valence electrons. The number of para-hydroxylation sites is 2. The number of nitrogens with zero attached hydrogens (tertiary/aromatic N) is 3. The number of aromatic nitrogens is 2. The Labute approximate surface area is 151 Å². The van der Waals surface area contributed by atoms with Crippen molar-refractivity contribution in [2.24, 2.45) is 0 Å². The van der Waals surface area contributed by atoms with Crippen molar-refractivity contribution in [2.75, 3.05) is 7.05 Å². The molecule has 0 N–H and O–H groups in total. The molecule has 1 atom stereocenters. The van der Waals surface area contributed by atoms with Crippen LogP contribution in [0.5, 0.6) is 0 Å². The zero-order valence-corrected chi connectivity index (χ0v) is 15.1. The summed E-state index contributed by atoms with van der Waals surface area (Å²) in [4.78, 5) is 27.0. The summed E-state index contributed by atoms with van der Waals surface area (Å²) in [5.74, 6) is -0.489. The highest BCUT2D eigenvalue weighted by molar-refractivity contribution is 5.81. The maximum atomic E-state index is 13.1. The predicted octanol–water partition coefficient (Wildman–Crippen LogP) is 3.18. The summed E-state index contributed by atoms with van der Waals surface area (Å²) in [6, 6.07) is 13.3. The molecule has 0 aliphatic rings. The molecule has 0 radical (unpaired) electrons. The van der Waals surface area contributed by atoms with Gasteiger partial charge in [0.25, 0.3) is 0 Å². The number of carbonyl (C=O) groups excluding carboxylic acids is 1. The van der Waals surface area contributed by atoms with Crippen LogP contribution in [0.15, 0.2) is 53.3 Å². The highest BCUT2D eigenvalue weighted by atomic mass is 19.1. The third kappa shape index (κ3) is 3.14. The summed E-state index contributed by atoms with van der Waals surface area (Å²) in [6.45, 7) is 4.29. The van der Waals surface area contributed by atoms with Gasteiger partial charge in [0.2, 0.25) is 5.91 Å². The van der Waals surface area contributed by atoms with Crippen molar-refractivity contribution in [1.82, 2.24) is 14.0 Å². The van der Waals surface area contributed by atoms with Crippen molar-refractivity contribution in [1.29, 1.82) is 0 Å². The number of imidazole rings is 1. The van der Waals surface area contributed by atoms with Crippen molar-refractivity contribution < 1.29 is 9.18 Å². The third-order valence-electron chi connectivity index (χ3n) is 4.86. The lowest BCUT2D eigenvalue weighted by atomic mass is 10.1. The Balaban J connectivity index is 1.88. The average Bonchev–Trinajstić information content (AvgIpc) is 2.92. The highest BCUT2D eigenvalue weighted by Crippen LogP contribution is 2.20. The Morgan fingerprint density at radius 3 is 2.23 bits per heavy atom. The lowest BCUT2D eigenvalue weighted by Crippen LogP contribution is -2.35. The minimum Gasteiger partial charge on any atom is -0.337 e. The topological polar surface area (TPSA) is 47.2 Å². The summed E-state index contributed by atoms with van der Waals surface area (Å²) in [5.41, 5.74) is 2.22. The van der Waals surface area contributed by atoms with Crippen molar-refractivity contribution in [3.8, 4) is 0 Å². The number of benzene rings is 2. The van der Waals surface area contributed by atoms with Gasteiger partial charge in [0, 0.05) is 13.6 Å². The van der Waals surface area contributed by atoms with Crippen LogP contribution in [-0.2, 0) is 17.9 Å². The summed E-state index contributed by atoms with van der Waals surface area (Å²) in [5, 5.41) is 0. The van der Waals surface area contributed by atoms with E-state index in [1.165, 1.54) is 16.7 Å². The molecule has 0 spiro atoms. The van der Waals surface area contributed by atoms with Gasteiger partial charge >= 0.3 is 5.69 Å². The van der Waals surface area contributed by atoms with Gasteiger partial charge in [-0.1, -0.05) is 24.3 Å². The zero-order chi connectivity index (χ0) is 18.8. The summed E-state index contributed by atoms with van der Waals surface area (Å²) in [6.07, 6.45) is 0. The molecule has 0 saturated carbocycles. The molecule has 0 fully saturated rings. The van der Waals surface area contributed by atoms with Crippen LogP contribution in [-0.4, -0.2) is 27.0 Å². The number of carbonyl (C=O) groups is 1. The molecule has 1 amide bonds. The molecule has 0 aliphatic carbocycles. The Morgan fingerprint density at radius 2 is 1.65 bits per heavy atom. The van der Waals surface area contributed by atoms with E-state index in [0.717, 1.165) is 16.6 Å². The van der Waals surface area contributed by atoms with Gasteiger partial charge < -0.3 is 4.90 Å². The number of halogens is 1. The van der Waals surface area contributed by atoms with E-state index >= 15 is 0 Å². The van der Waals surface area contributed by atoms with Crippen LogP contribution < -0.4 is 5.69 Å². The smallest absolute Gasteiger partial charge is 0.329 e. The molecule has 0 saturated heterocycles. The molecular weight excluding hydrogens is 333 g/mol. The van der Waals surface area contributed by atoms with Crippen LogP contribution in [0.3, 0.4) is 0 Å². The number of amides is 1. The van der Waals surface area contributed by atoms with E-state index in [4.69, 9.17) is 0 Å². The number of hydrogen-bond acceptors (Lipinski definition) is 2. The maximum Gasteiger partial charge on any atom is 0.329 e. The third-order valence-corrected chi connectivity index (χ3v) is 4.86. The van der Waals surface area contributed by atoms with Gasteiger partial charge in [-0.2, -0.15) is 0 Å². The van der Waals surface area contributed by atoms with Gasteiger partial charge in [-0.05, 0) is 43.7 Å². The molecule has 3 rings (SSSR count). The Hall–Kier alpha value is -2.89. The Kier molecular flexibility index (Phi) is 4.93. The maximum absolute atomic E-state index is 13.1. The molecule has 5 nitrogen and oxygen atoms in total. The second-order valence-electron chi connectivity index (χ2n) is 6.33. The van der Waals surface area contributed by atoms with Crippen molar-refractivity contribution in [2.45, 2.75) is 33.0 Å². The molecule has 1 aromatic heterocycles. The van der Waals surface area contributed by atoms with Gasteiger partial charge in [-0.15, -0.1) is 0 Å². The van der Waals surface area contributed by atoms with Crippen molar-refractivity contribution >= 4 is 16.9 Å². The first-order chi connectivity index (χ1) is 12.4. The van der Waals surface area contributed by atoms with Gasteiger partial charge in [0.05, 0.1) is 17.1 Å². The molecule has 26 heavy (non-hydrogen) atoms. The molecule has 0 aliphatic heterocycles. The quantitative estimate of drug-likeness (QED) is 0.706. The van der Waals surface area contributed by atoms with Gasteiger partial charge in [-0.3, -0.25) is 13.9 Å². The largest absolute Gasteiger partial charge is 0.337 e. The Bertz CT molecular complexity index is 988. The van der Waals surface area contributed by atoms with Crippen LogP contribution in [0.1, 0.15) is 25.5 Å². The van der Waals surface area contributed by atoms with E-state index in [0.29, 0.717) is 6.54 Å². The minimum absolute atomic E-state index is 0.0334. The number of aryl methyl sites for hydroxylation is 1. The minimum atomic E-state index is -0.311. The van der Waals surface area contributed by atoms with Gasteiger partial charge in [-0.25, -0.2) is 9.18 Å². The fraction of sp³-hybridized carbons (Fsp3) is 0.300. The normalized spacial score (nSPS) is 12.3. The van der Waals surface area contributed by atoms with E-state index in [2.05, 4.69) is 0 Å². The fourth-order valence-corrected chi connectivity index (χ4v) is 3.16. The number of rotatable bonds is 5. The summed E-state index contributed by atoms with van der Waals surface area (Å²) < 4.78 is 16.3. The second-order valence-corrected chi connectivity index (χ2v) is 6.33. The van der Waals surface area contributed by atoms with E-state index in [1.807, 2.05) is 38.1 Å². The SMILES string of the molecule is CCn1c(=O)n(CC(=O)N(C)[C@H](C)c2ccc(F)cc2)c2ccccc21. The van der Waals surface area contributed by atoms with E-state index in [9.17, 15) is 14.0 Å². The van der Waals surface area contributed by atoms with Crippen molar-refractivity contribution in [3.05, 3.63) is 70.4 Å². The van der Waals surface area contributed by atoms with Gasteiger partial charge in [0.15, 0.2) is 0 Å². The molecular formula is C20H22FN3O2. The van der Waals surface area contributed by atoms with Crippen LogP contribution in [0.4, 0.5) is 4.39 Å². The molecule has 2 aromatic carbocycles. The lowest BCUT2D eigenvalue weighted by molar-refractivity contribution is -0.132. The van der Waals surface area contributed by atoms with E-state index in [-0.39, 0.29) is 30.0 Å². The van der Waals surface area contributed by atoms with Crippen LogP contribution in [0, 0.1) is 5.82 Å². The molecule has 1 heterocycles. The summed E-state index contributed by atoms with van der Waals surface area (Å²) in [7, 11) is 1.69. The number of fused-ring (bicyclic) bond motifs is 1. The van der Waals surface area contributed by atoms with Crippen molar-refractivity contribution in [3.63, 3.8) is 0 Å². The standard InChI is InChI=1S/C20H22FN3O2/c1-4-23-17-7-5-6-8-18(17)24(20(23)26)13-19(25)22(3)14(2)15-9-11-16(21)12-10-15/h5-12,14H,4,13H2,1-3H3/t14-/m1/s1. The summed E-state index contributed by atoms with van der Waals surface area (Å²) >= 11 is 0. The van der Waals surface area contributed by atoms with Crippen LogP contribution >= 0.6 is 0 Å². The zero-order valence-electron chi connectivity index (χ0n) is 15.1. The van der Waals surface area contributed by atoms with E-state index in [1.54, 1.807) is 28.6 Å². The highest BCUT2D eigenvalue weighted by Gasteiger charge is 2.20. The molecule has 3 aromatic rings. The first-order valence-corrected chi connectivity index (χ1v) is 8.63. The number of hydrogen-bond donors (Lipinski definition) is 0. The van der Waals surface area contributed by atoms with Crippen LogP contribution in [0.2, 0.25) is 0 Å². The molecule has 0 unspecified atom stereocenters. The molecule has 0 bridgehead atoms. The van der Waals surface area contributed by atoms with E-state index < -0.39 is 0 Å². The molecule has 6 heteroatoms. The predicted molar refractivity (Wildman–Crippen MR) is 99.5 cm³/mol. The average molecular weight is 355 g/mol. The first-order valence-electron chi connectivity index (χ1n) is 8.63. The second kappa shape index (κ2) is 7.15.